The highest BCUT2D eigenvalue weighted by Gasteiger charge is 2.22. The Morgan fingerprint density at radius 2 is 2.06 bits per heavy atom. The van der Waals surface area contributed by atoms with E-state index < -0.39 is 0 Å². The fourth-order valence-corrected chi connectivity index (χ4v) is 1.98. The van der Waals surface area contributed by atoms with E-state index in [0.29, 0.717) is 12.6 Å². The molecule has 0 amide bonds. The summed E-state index contributed by atoms with van der Waals surface area (Å²) in [4.78, 5) is 0. The molecular formula is C13H26N2O3. The van der Waals surface area contributed by atoms with E-state index in [0.717, 1.165) is 50.4 Å². The monoisotopic (exact) mass is 258 g/mol. The van der Waals surface area contributed by atoms with Gasteiger partial charge in [0.25, 0.3) is 0 Å². The summed E-state index contributed by atoms with van der Waals surface area (Å²) < 4.78 is 11.5. The molecule has 0 fully saturated rings. The summed E-state index contributed by atoms with van der Waals surface area (Å²) in [6.07, 6.45) is 3.65. The van der Waals surface area contributed by atoms with Gasteiger partial charge in [-0.25, -0.2) is 0 Å². The van der Waals surface area contributed by atoms with Gasteiger partial charge in [-0.3, -0.25) is 5.32 Å². The van der Waals surface area contributed by atoms with E-state index in [1.54, 1.807) is 0 Å². The number of ether oxygens (including phenoxy) is 2. The third-order valence-electron chi connectivity index (χ3n) is 2.95. The molecule has 0 aliphatic heterocycles. The Balaban J connectivity index is 2.53. The highest BCUT2D eigenvalue weighted by molar-refractivity contribution is 5.09. The molecule has 5 nitrogen and oxygen atoms in total. The number of hydrogen-bond donors (Lipinski definition) is 3. The van der Waals surface area contributed by atoms with E-state index >= 15 is 0 Å². The smallest absolute Gasteiger partial charge is 0.135 e. The fraction of sp³-hybridized carbons (Fsp3) is 0.846. The van der Waals surface area contributed by atoms with Crippen LogP contribution in [0.15, 0.2) is 11.5 Å². The van der Waals surface area contributed by atoms with Gasteiger partial charge >= 0.3 is 0 Å². The predicted octanol–water partition coefficient (Wildman–Crippen LogP) is 0.952. The van der Waals surface area contributed by atoms with E-state index in [9.17, 15) is 0 Å². The van der Waals surface area contributed by atoms with E-state index in [1.807, 2.05) is 7.05 Å². The quantitative estimate of drug-likeness (QED) is 0.424. The van der Waals surface area contributed by atoms with Gasteiger partial charge in [0.15, 0.2) is 0 Å². The van der Waals surface area contributed by atoms with Gasteiger partial charge in [0.1, 0.15) is 18.1 Å². The van der Waals surface area contributed by atoms with Crippen molar-refractivity contribution in [3.05, 3.63) is 11.5 Å². The first kappa shape index (κ1) is 15.3. The first-order chi connectivity index (χ1) is 8.81. The Kier molecular flexibility index (Phi) is 7.80. The number of allylic oxidation sites excluding steroid dienone is 1. The molecule has 0 spiro atoms. The average Bonchev–Trinajstić information content (AvgIpc) is 2.39. The minimum Gasteiger partial charge on any atom is -0.494 e. The van der Waals surface area contributed by atoms with Crippen LogP contribution < -0.4 is 10.6 Å². The number of likely N-dealkylation sites (N-methyl/N-ethyl adjacent to an activating group) is 1. The van der Waals surface area contributed by atoms with Crippen LogP contribution in [0, 0.1) is 0 Å². The van der Waals surface area contributed by atoms with Crippen molar-refractivity contribution < 1.29 is 14.6 Å². The Bertz CT molecular complexity index is 257. The molecule has 0 aromatic carbocycles. The predicted molar refractivity (Wildman–Crippen MR) is 71.0 cm³/mol. The van der Waals surface area contributed by atoms with Crippen molar-refractivity contribution >= 4 is 0 Å². The molecule has 0 saturated heterocycles. The SMILES string of the molecule is CCCOC1=C(OCCNC)CCC(NCO)C1. The molecule has 106 valence electrons. The normalized spacial score (nSPS) is 20.1. The zero-order valence-electron chi connectivity index (χ0n) is 11.5. The molecule has 1 unspecified atom stereocenters. The zero-order chi connectivity index (χ0) is 13.2. The van der Waals surface area contributed by atoms with Crippen LogP contribution in [0.4, 0.5) is 0 Å². The number of nitrogens with one attached hydrogen (secondary N) is 2. The highest BCUT2D eigenvalue weighted by Crippen LogP contribution is 2.26. The topological polar surface area (TPSA) is 62.8 Å². The molecule has 0 heterocycles. The van der Waals surface area contributed by atoms with Crippen molar-refractivity contribution in [3.8, 4) is 0 Å². The molecule has 1 aliphatic rings. The van der Waals surface area contributed by atoms with Gasteiger partial charge in [-0.05, 0) is 19.9 Å². The van der Waals surface area contributed by atoms with Gasteiger partial charge in [0, 0.05) is 25.4 Å². The highest BCUT2D eigenvalue weighted by atomic mass is 16.5. The van der Waals surface area contributed by atoms with Crippen LogP contribution in [0.25, 0.3) is 0 Å². The third kappa shape index (κ3) is 5.25. The lowest BCUT2D eigenvalue weighted by atomic mass is 9.99. The summed E-state index contributed by atoms with van der Waals surface area (Å²) in [7, 11) is 1.91. The second kappa shape index (κ2) is 9.19. The lowest BCUT2D eigenvalue weighted by molar-refractivity contribution is 0.117. The fourth-order valence-electron chi connectivity index (χ4n) is 1.98. The van der Waals surface area contributed by atoms with E-state index in [2.05, 4.69) is 17.6 Å². The Labute approximate surface area is 110 Å². The van der Waals surface area contributed by atoms with Gasteiger partial charge < -0.3 is 19.9 Å². The van der Waals surface area contributed by atoms with Gasteiger partial charge in [0.05, 0.1) is 13.3 Å². The maximum absolute atomic E-state index is 8.91. The molecule has 1 aliphatic carbocycles. The Morgan fingerprint density at radius 3 is 2.72 bits per heavy atom. The summed E-state index contributed by atoms with van der Waals surface area (Å²) >= 11 is 0. The molecule has 5 heteroatoms. The number of aliphatic hydroxyl groups excluding tert-OH is 1. The standard InChI is InChI=1S/C13H26N2O3/c1-3-7-17-13-9-11(15-10-16)4-5-12(13)18-8-6-14-2/h11,14-16H,3-10H2,1-2H3. The zero-order valence-corrected chi connectivity index (χ0v) is 11.5. The van der Waals surface area contributed by atoms with Crippen molar-refractivity contribution in [1.82, 2.24) is 10.6 Å². The van der Waals surface area contributed by atoms with Crippen molar-refractivity contribution in [2.75, 3.05) is 33.5 Å². The van der Waals surface area contributed by atoms with Gasteiger partial charge in [-0.1, -0.05) is 6.92 Å². The summed E-state index contributed by atoms with van der Waals surface area (Å²) in [6.45, 7) is 4.34. The van der Waals surface area contributed by atoms with Gasteiger partial charge in [-0.2, -0.15) is 0 Å². The minimum atomic E-state index is 0.0155. The van der Waals surface area contributed by atoms with Crippen molar-refractivity contribution in [2.24, 2.45) is 0 Å². The van der Waals surface area contributed by atoms with Crippen LogP contribution in [0.2, 0.25) is 0 Å². The molecular weight excluding hydrogens is 232 g/mol. The molecule has 0 saturated carbocycles. The maximum atomic E-state index is 8.91. The second-order valence-electron chi connectivity index (χ2n) is 4.45. The van der Waals surface area contributed by atoms with Crippen molar-refractivity contribution in [1.29, 1.82) is 0 Å². The van der Waals surface area contributed by atoms with Crippen LogP contribution in [0.3, 0.4) is 0 Å². The third-order valence-corrected chi connectivity index (χ3v) is 2.95. The Morgan fingerprint density at radius 1 is 1.28 bits per heavy atom. The van der Waals surface area contributed by atoms with E-state index in [1.165, 1.54) is 0 Å². The van der Waals surface area contributed by atoms with Crippen LogP contribution in [-0.2, 0) is 9.47 Å². The van der Waals surface area contributed by atoms with Gasteiger partial charge in [0.2, 0.25) is 0 Å². The molecule has 18 heavy (non-hydrogen) atoms. The summed E-state index contributed by atoms with van der Waals surface area (Å²) in [5.41, 5.74) is 0. The maximum Gasteiger partial charge on any atom is 0.135 e. The molecule has 1 atom stereocenters. The molecule has 0 bridgehead atoms. The number of hydrogen-bond acceptors (Lipinski definition) is 5. The molecule has 0 radical (unpaired) electrons. The van der Waals surface area contributed by atoms with Crippen LogP contribution >= 0.6 is 0 Å². The van der Waals surface area contributed by atoms with Crippen molar-refractivity contribution in [2.45, 2.75) is 38.6 Å². The molecule has 1 rings (SSSR count). The average molecular weight is 258 g/mol. The van der Waals surface area contributed by atoms with Crippen LogP contribution in [0.1, 0.15) is 32.6 Å². The molecule has 3 N–H and O–H groups in total. The first-order valence-corrected chi connectivity index (χ1v) is 6.78. The number of aliphatic hydroxyl groups is 1. The van der Waals surface area contributed by atoms with E-state index in [-0.39, 0.29) is 6.73 Å². The summed E-state index contributed by atoms with van der Waals surface area (Å²) in [5.74, 6) is 1.93. The summed E-state index contributed by atoms with van der Waals surface area (Å²) in [6, 6.07) is 0.290. The largest absolute Gasteiger partial charge is 0.494 e. The lowest BCUT2D eigenvalue weighted by Crippen LogP contribution is -2.33. The minimum absolute atomic E-state index is 0.0155. The lowest BCUT2D eigenvalue weighted by Gasteiger charge is -2.27. The van der Waals surface area contributed by atoms with Crippen LogP contribution in [-0.4, -0.2) is 44.7 Å². The van der Waals surface area contributed by atoms with Crippen LogP contribution in [0.5, 0.6) is 0 Å². The van der Waals surface area contributed by atoms with Crippen molar-refractivity contribution in [3.63, 3.8) is 0 Å². The summed E-state index contributed by atoms with van der Waals surface area (Å²) in [5, 5.41) is 15.0. The number of rotatable bonds is 9. The van der Waals surface area contributed by atoms with E-state index in [4.69, 9.17) is 14.6 Å². The second-order valence-corrected chi connectivity index (χ2v) is 4.45. The Hall–Kier alpha value is -0.780. The van der Waals surface area contributed by atoms with Gasteiger partial charge in [-0.15, -0.1) is 0 Å². The molecule has 0 aromatic heterocycles. The molecule has 0 aromatic rings. The first-order valence-electron chi connectivity index (χ1n) is 6.78.